The fourth-order valence-corrected chi connectivity index (χ4v) is 2.90. The minimum absolute atomic E-state index is 0.236. The summed E-state index contributed by atoms with van der Waals surface area (Å²) in [5.74, 6) is 0.648. The molecule has 0 amide bonds. The van der Waals surface area contributed by atoms with E-state index in [0.29, 0.717) is 36.8 Å². The van der Waals surface area contributed by atoms with Gasteiger partial charge >= 0.3 is 5.97 Å². The first-order valence-electron chi connectivity index (χ1n) is 7.44. The fourth-order valence-electron chi connectivity index (χ4n) is 2.90. The fraction of sp³-hybridized carbons (Fsp3) is 0.562. The highest BCUT2D eigenvalue weighted by molar-refractivity contribution is 5.73. The molecule has 23 heavy (non-hydrogen) atoms. The molecule has 0 unspecified atom stereocenters. The predicted octanol–water partition coefficient (Wildman–Crippen LogP) is 1.12. The van der Waals surface area contributed by atoms with Gasteiger partial charge in [0.05, 0.1) is 27.4 Å². The monoisotopic (exact) mass is 325 g/mol. The first kappa shape index (κ1) is 17.4. The van der Waals surface area contributed by atoms with Crippen LogP contribution in [0.5, 0.6) is 17.2 Å². The second kappa shape index (κ2) is 7.52. The molecule has 2 atom stereocenters. The summed E-state index contributed by atoms with van der Waals surface area (Å²) in [6, 6.07) is 2.93. The lowest BCUT2D eigenvalue weighted by Crippen LogP contribution is -2.48. The molecule has 7 nitrogen and oxygen atoms in total. The van der Waals surface area contributed by atoms with Crippen LogP contribution in [-0.2, 0) is 11.3 Å². The molecule has 1 heterocycles. The zero-order valence-electron chi connectivity index (χ0n) is 13.6. The first-order chi connectivity index (χ1) is 11.0. The Kier molecular flexibility index (Phi) is 5.68. The van der Waals surface area contributed by atoms with Gasteiger partial charge < -0.3 is 24.4 Å². The molecule has 1 fully saturated rings. The van der Waals surface area contributed by atoms with E-state index in [4.69, 9.17) is 14.2 Å². The molecule has 0 bridgehead atoms. The van der Waals surface area contributed by atoms with Gasteiger partial charge in [-0.2, -0.15) is 0 Å². The van der Waals surface area contributed by atoms with Gasteiger partial charge in [0.25, 0.3) is 0 Å². The van der Waals surface area contributed by atoms with Crippen molar-refractivity contribution >= 4 is 5.97 Å². The summed E-state index contributed by atoms with van der Waals surface area (Å²) in [6.07, 6.45) is 0.237. The van der Waals surface area contributed by atoms with Crippen molar-refractivity contribution in [1.82, 2.24) is 4.90 Å². The minimum atomic E-state index is -0.920. The van der Waals surface area contributed by atoms with E-state index in [1.54, 1.807) is 14.2 Å². The number of aliphatic hydroxyl groups is 1. The summed E-state index contributed by atoms with van der Waals surface area (Å²) in [5.41, 5.74) is 0.863. The molecule has 1 aromatic carbocycles. The highest BCUT2D eigenvalue weighted by atomic mass is 16.5. The largest absolute Gasteiger partial charge is 0.493 e. The Bertz CT molecular complexity index is 536. The maximum Gasteiger partial charge on any atom is 0.321 e. The van der Waals surface area contributed by atoms with Crippen LogP contribution in [0.25, 0.3) is 0 Å². The summed E-state index contributed by atoms with van der Waals surface area (Å²) in [4.78, 5) is 13.3. The molecule has 1 aliphatic heterocycles. The van der Waals surface area contributed by atoms with Crippen LogP contribution in [0.2, 0.25) is 0 Å². The third-order valence-electron chi connectivity index (χ3n) is 4.08. The lowest BCUT2D eigenvalue weighted by Gasteiger charge is -2.35. The van der Waals surface area contributed by atoms with Crippen molar-refractivity contribution in [2.45, 2.75) is 31.5 Å². The molecule has 0 saturated carbocycles. The van der Waals surface area contributed by atoms with Crippen molar-refractivity contribution in [3.05, 3.63) is 17.7 Å². The van der Waals surface area contributed by atoms with Gasteiger partial charge in [-0.25, -0.2) is 0 Å². The molecule has 0 radical (unpaired) electrons. The van der Waals surface area contributed by atoms with E-state index in [1.165, 1.54) is 7.11 Å². The number of nitrogens with zero attached hydrogens (tertiary/aromatic N) is 1. The Hall–Kier alpha value is -1.99. The Morgan fingerprint density at radius 2 is 1.83 bits per heavy atom. The lowest BCUT2D eigenvalue weighted by molar-refractivity contribution is -0.146. The average molecular weight is 325 g/mol. The number of carboxylic acids is 1. The van der Waals surface area contributed by atoms with Gasteiger partial charge in [0.15, 0.2) is 11.5 Å². The molecule has 128 valence electrons. The van der Waals surface area contributed by atoms with Crippen LogP contribution in [0, 0.1) is 0 Å². The van der Waals surface area contributed by atoms with Crippen LogP contribution < -0.4 is 14.2 Å². The SMILES string of the molecule is COc1cc(CN2CC[C@@H](O)C[C@H]2C(=O)O)cc(OC)c1OC. The molecule has 2 N–H and O–H groups in total. The van der Waals surface area contributed by atoms with Gasteiger partial charge in [-0.05, 0) is 30.5 Å². The van der Waals surface area contributed by atoms with E-state index in [1.807, 2.05) is 17.0 Å². The van der Waals surface area contributed by atoms with Gasteiger partial charge in [-0.1, -0.05) is 0 Å². The topological polar surface area (TPSA) is 88.5 Å². The zero-order chi connectivity index (χ0) is 17.0. The number of methoxy groups -OCH3 is 3. The number of benzene rings is 1. The summed E-state index contributed by atoms with van der Waals surface area (Å²) < 4.78 is 15.9. The normalized spacial score (nSPS) is 21.7. The Morgan fingerprint density at radius 1 is 1.22 bits per heavy atom. The molecular formula is C16H23NO6. The first-order valence-corrected chi connectivity index (χ1v) is 7.44. The van der Waals surface area contributed by atoms with Crippen molar-refractivity contribution in [2.24, 2.45) is 0 Å². The zero-order valence-corrected chi connectivity index (χ0v) is 13.6. The van der Waals surface area contributed by atoms with Gasteiger partial charge in [-0.3, -0.25) is 9.69 Å². The molecular weight excluding hydrogens is 302 g/mol. The molecule has 1 saturated heterocycles. The summed E-state index contributed by atoms with van der Waals surface area (Å²) in [6.45, 7) is 0.954. The van der Waals surface area contributed by atoms with Crippen molar-refractivity contribution in [2.75, 3.05) is 27.9 Å². The Morgan fingerprint density at radius 3 is 2.30 bits per heavy atom. The molecule has 0 spiro atoms. The number of piperidine rings is 1. The molecule has 1 aromatic rings. The average Bonchev–Trinajstić information content (AvgIpc) is 2.55. The highest BCUT2D eigenvalue weighted by Gasteiger charge is 2.32. The van der Waals surface area contributed by atoms with Crippen LogP contribution in [0.3, 0.4) is 0 Å². The quantitative estimate of drug-likeness (QED) is 0.810. The van der Waals surface area contributed by atoms with Crippen LogP contribution in [0.1, 0.15) is 18.4 Å². The van der Waals surface area contributed by atoms with Crippen LogP contribution in [0.15, 0.2) is 12.1 Å². The lowest BCUT2D eigenvalue weighted by atomic mass is 9.98. The number of hydrogen-bond donors (Lipinski definition) is 2. The van der Waals surface area contributed by atoms with Gasteiger partial charge in [0.1, 0.15) is 6.04 Å². The van der Waals surface area contributed by atoms with Crippen molar-refractivity contribution in [3.63, 3.8) is 0 Å². The van der Waals surface area contributed by atoms with E-state index < -0.39 is 18.1 Å². The van der Waals surface area contributed by atoms with Gasteiger partial charge in [0, 0.05) is 13.1 Å². The van der Waals surface area contributed by atoms with Crippen molar-refractivity contribution < 1.29 is 29.2 Å². The summed E-state index contributed by atoms with van der Waals surface area (Å²) in [7, 11) is 4.61. The second-order valence-electron chi connectivity index (χ2n) is 5.54. The highest BCUT2D eigenvalue weighted by Crippen LogP contribution is 2.38. The number of ether oxygens (including phenoxy) is 3. The van der Waals surface area contributed by atoms with E-state index >= 15 is 0 Å². The summed E-state index contributed by atoms with van der Waals surface area (Å²) >= 11 is 0. The number of hydrogen-bond acceptors (Lipinski definition) is 6. The molecule has 7 heteroatoms. The molecule has 0 aliphatic carbocycles. The second-order valence-corrected chi connectivity index (χ2v) is 5.54. The number of carbonyl (C=O) groups is 1. The van der Waals surface area contributed by atoms with Gasteiger partial charge in [-0.15, -0.1) is 0 Å². The van der Waals surface area contributed by atoms with E-state index in [9.17, 15) is 15.0 Å². The molecule has 1 aliphatic rings. The standard InChI is InChI=1S/C16H23NO6/c1-21-13-6-10(7-14(22-2)15(13)23-3)9-17-5-4-11(18)8-12(17)16(19)20/h6-7,11-12,18H,4-5,8-9H2,1-3H3,(H,19,20)/t11-,12+/m1/s1. The third kappa shape index (κ3) is 3.86. The van der Waals surface area contributed by atoms with Crippen molar-refractivity contribution in [3.8, 4) is 17.2 Å². The van der Waals surface area contributed by atoms with E-state index in [0.717, 1.165) is 5.56 Å². The van der Waals surface area contributed by atoms with Crippen molar-refractivity contribution in [1.29, 1.82) is 0 Å². The third-order valence-corrected chi connectivity index (χ3v) is 4.08. The maximum atomic E-state index is 11.4. The minimum Gasteiger partial charge on any atom is -0.493 e. The van der Waals surface area contributed by atoms with Crippen LogP contribution in [0.4, 0.5) is 0 Å². The van der Waals surface area contributed by atoms with E-state index in [-0.39, 0.29) is 6.42 Å². The van der Waals surface area contributed by atoms with E-state index in [2.05, 4.69) is 0 Å². The number of aliphatic hydroxyl groups excluding tert-OH is 1. The Labute approximate surface area is 135 Å². The van der Waals surface area contributed by atoms with Gasteiger partial charge in [0.2, 0.25) is 5.75 Å². The van der Waals surface area contributed by atoms with Crippen LogP contribution in [-0.4, -0.2) is 61.1 Å². The molecule has 2 rings (SSSR count). The number of carboxylic acid groups (broad SMARTS) is 1. The number of rotatable bonds is 6. The summed E-state index contributed by atoms with van der Waals surface area (Å²) in [5, 5.41) is 19.1. The predicted molar refractivity (Wildman–Crippen MR) is 83.2 cm³/mol. The molecule has 0 aromatic heterocycles. The smallest absolute Gasteiger partial charge is 0.321 e. The number of likely N-dealkylation sites (tertiary alicyclic amines) is 1. The number of aliphatic carboxylic acids is 1. The maximum absolute atomic E-state index is 11.4. The Balaban J connectivity index is 2.26. The van der Waals surface area contributed by atoms with Crippen LogP contribution >= 0.6 is 0 Å².